The van der Waals surface area contributed by atoms with E-state index in [9.17, 15) is 19.5 Å². The van der Waals surface area contributed by atoms with Gasteiger partial charge in [-0.25, -0.2) is 9.59 Å². The minimum atomic E-state index is -1.54. The van der Waals surface area contributed by atoms with Crippen molar-refractivity contribution in [1.29, 1.82) is 0 Å². The predicted molar refractivity (Wildman–Crippen MR) is 165 cm³/mol. The average molecular weight is 655 g/mol. The van der Waals surface area contributed by atoms with Crippen molar-refractivity contribution in [3.63, 3.8) is 0 Å². The van der Waals surface area contributed by atoms with Crippen LogP contribution in [0.5, 0.6) is 5.75 Å². The molecule has 2 amide bonds. The number of nitrogens with one attached hydrogen (secondary N) is 2. The van der Waals surface area contributed by atoms with Crippen LogP contribution in [0.4, 0.5) is 4.79 Å². The Morgan fingerprint density at radius 2 is 1.72 bits per heavy atom. The van der Waals surface area contributed by atoms with Crippen LogP contribution in [0.2, 0.25) is 0 Å². The molecule has 2 heterocycles. The van der Waals surface area contributed by atoms with Gasteiger partial charge in [-0.2, -0.15) is 0 Å². The SMILES string of the molecule is COc1ccc(COC(=O)NC(C)C(=O)N[C@@H]2[C@H]3C(=C(OCOCc4ccccc4)C[C@H]4OC(C)(C)O[C@H]34)C(=O)O[C@]2(C)CO)cc1. The van der Waals surface area contributed by atoms with Gasteiger partial charge in [0.2, 0.25) is 5.91 Å². The maximum Gasteiger partial charge on any atom is 0.408 e. The summed E-state index contributed by atoms with van der Waals surface area (Å²) in [5.74, 6) is -2.15. The van der Waals surface area contributed by atoms with E-state index >= 15 is 0 Å². The van der Waals surface area contributed by atoms with E-state index in [1.165, 1.54) is 13.8 Å². The van der Waals surface area contributed by atoms with Gasteiger partial charge in [-0.1, -0.05) is 42.5 Å². The third kappa shape index (κ3) is 7.87. The molecule has 0 spiro atoms. The molecule has 0 aromatic heterocycles. The third-order valence-corrected chi connectivity index (χ3v) is 8.45. The van der Waals surface area contributed by atoms with Gasteiger partial charge in [-0.15, -0.1) is 0 Å². The summed E-state index contributed by atoms with van der Waals surface area (Å²) in [7, 11) is 1.56. The lowest BCUT2D eigenvalue weighted by Gasteiger charge is -2.49. The van der Waals surface area contributed by atoms with Crippen molar-refractivity contribution >= 4 is 18.0 Å². The highest BCUT2D eigenvalue weighted by Crippen LogP contribution is 2.48. The molecule has 0 radical (unpaired) electrons. The Bertz CT molecular complexity index is 1460. The van der Waals surface area contributed by atoms with Gasteiger partial charge < -0.3 is 48.9 Å². The Kier molecular flexibility index (Phi) is 10.4. The molecule has 13 nitrogen and oxygen atoms in total. The van der Waals surface area contributed by atoms with Crippen LogP contribution in [0.25, 0.3) is 0 Å². The standard InChI is InChI=1S/C34H42N2O11/c1-20(35-32(40)43-17-22-11-13-23(41-5)14-12-22)30(38)36-29-27-26(31(39)47-34(29,4)18-37)24(15-25-28(27)46-33(2,3)45-25)44-19-42-16-21-9-7-6-8-10-21/h6-14,20,25,27-29,37H,15-19H2,1-5H3,(H,35,40)(H,36,38)/t20?,25-,27+,28+,29-,34-/m1/s1. The number of amides is 2. The number of fused-ring (bicyclic) bond motifs is 3. The Labute approximate surface area is 273 Å². The Hall–Kier alpha value is -4.17. The summed E-state index contributed by atoms with van der Waals surface area (Å²) in [5, 5.41) is 15.9. The summed E-state index contributed by atoms with van der Waals surface area (Å²) in [6.07, 6.45) is -1.81. The second kappa shape index (κ2) is 14.3. The number of carbonyl (C=O) groups excluding carboxylic acids is 3. The molecule has 47 heavy (non-hydrogen) atoms. The molecule has 2 aromatic rings. The van der Waals surface area contributed by atoms with E-state index in [0.717, 1.165) is 11.1 Å². The summed E-state index contributed by atoms with van der Waals surface area (Å²) in [6.45, 7) is 6.07. The smallest absolute Gasteiger partial charge is 0.408 e. The maximum atomic E-state index is 13.6. The first-order valence-electron chi connectivity index (χ1n) is 15.5. The molecule has 2 saturated heterocycles. The van der Waals surface area contributed by atoms with Crippen molar-refractivity contribution in [2.24, 2.45) is 5.92 Å². The first-order valence-corrected chi connectivity index (χ1v) is 15.5. The Balaban J connectivity index is 1.31. The lowest BCUT2D eigenvalue weighted by Crippen LogP contribution is -2.68. The van der Waals surface area contributed by atoms with Crippen LogP contribution in [0.15, 0.2) is 65.9 Å². The minimum Gasteiger partial charge on any atom is -0.497 e. The van der Waals surface area contributed by atoms with Crippen molar-refractivity contribution in [3.8, 4) is 5.75 Å². The van der Waals surface area contributed by atoms with Crippen LogP contribution in [-0.4, -0.2) is 79.3 Å². The van der Waals surface area contributed by atoms with Crippen LogP contribution in [-0.2, 0) is 51.2 Å². The molecule has 13 heteroatoms. The van der Waals surface area contributed by atoms with Gasteiger partial charge in [0.15, 0.2) is 18.2 Å². The van der Waals surface area contributed by atoms with Crippen LogP contribution >= 0.6 is 0 Å². The zero-order valence-corrected chi connectivity index (χ0v) is 27.1. The van der Waals surface area contributed by atoms with Gasteiger partial charge in [0, 0.05) is 12.3 Å². The molecule has 1 unspecified atom stereocenters. The predicted octanol–water partition coefficient (Wildman–Crippen LogP) is 3.09. The summed E-state index contributed by atoms with van der Waals surface area (Å²) in [5.41, 5.74) is 0.321. The second-order valence-corrected chi connectivity index (χ2v) is 12.4. The molecule has 254 valence electrons. The molecule has 3 aliphatic rings. The number of esters is 1. The zero-order valence-electron chi connectivity index (χ0n) is 27.1. The molecule has 2 aliphatic heterocycles. The molecular weight excluding hydrogens is 612 g/mol. The molecule has 2 fully saturated rings. The van der Waals surface area contributed by atoms with Crippen LogP contribution < -0.4 is 15.4 Å². The van der Waals surface area contributed by atoms with E-state index in [2.05, 4.69) is 10.6 Å². The number of aliphatic hydroxyl groups excluding tert-OH is 1. The number of hydrogen-bond acceptors (Lipinski definition) is 11. The van der Waals surface area contributed by atoms with Crippen molar-refractivity contribution in [2.45, 2.75) is 83.0 Å². The van der Waals surface area contributed by atoms with Gasteiger partial charge in [0.05, 0.1) is 44.1 Å². The Morgan fingerprint density at radius 1 is 1.02 bits per heavy atom. The van der Waals surface area contributed by atoms with Gasteiger partial charge in [0.1, 0.15) is 24.2 Å². The highest BCUT2D eigenvalue weighted by molar-refractivity contribution is 5.92. The number of ether oxygens (including phenoxy) is 7. The van der Waals surface area contributed by atoms with Crippen LogP contribution in [0.1, 0.15) is 45.2 Å². The molecule has 5 rings (SSSR count). The fourth-order valence-electron chi connectivity index (χ4n) is 6.07. The molecule has 6 atom stereocenters. The Morgan fingerprint density at radius 3 is 2.40 bits per heavy atom. The zero-order chi connectivity index (χ0) is 33.8. The number of aliphatic hydroxyl groups is 1. The van der Waals surface area contributed by atoms with Crippen molar-refractivity contribution in [1.82, 2.24) is 10.6 Å². The van der Waals surface area contributed by atoms with Crippen LogP contribution in [0, 0.1) is 5.92 Å². The first-order chi connectivity index (χ1) is 22.4. The average Bonchev–Trinajstić information content (AvgIpc) is 3.37. The number of carbonyl (C=O) groups is 3. The van der Waals surface area contributed by atoms with E-state index in [0.29, 0.717) is 18.1 Å². The molecule has 3 N–H and O–H groups in total. The highest BCUT2D eigenvalue weighted by atomic mass is 16.8. The van der Waals surface area contributed by atoms with Gasteiger partial charge in [-0.05, 0) is 51.0 Å². The van der Waals surface area contributed by atoms with Gasteiger partial charge in [0.25, 0.3) is 0 Å². The summed E-state index contributed by atoms with van der Waals surface area (Å²) in [6, 6.07) is 14.5. The van der Waals surface area contributed by atoms with E-state index in [1.807, 2.05) is 30.3 Å². The highest BCUT2D eigenvalue weighted by Gasteiger charge is 2.61. The fraction of sp³-hybridized carbons (Fsp3) is 0.500. The van der Waals surface area contributed by atoms with Gasteiger partial charge >= 0.3 is 12.1 Å². The quantitative estimate of drug-likeness (QED) is 0.175. The molecular formula is C34H42N2O11. The van der Waals surface area contributed by atoms with E-state index in [-0.39, 0.29) is 25.4 Å². The number of methoxy groups -OCH3 is 1. The maximum absolute atomic E-state index is 13.6. The van der Waals surface area contributed by atoms with E-state index < -0.39 is 66.2 Å². The topological polar surface area (TPSA) is 160 Å². The van der Waals surface area contributed by atoms with Crippen molar-refractivity contribution in [2.75, 3.05) is 20.5 Å². The first kappa shape index (κ1) is 34.2. The monoisotopic (exact) mass is 654 g/mol. The number of rotatable bonds is 12. The molecule has 0 saturated carbocycles. The van der Waals surface area contributed by atoms with E-state index in [1.54, 1.807) is 45.2 Å². The van der Waals surface area contributed by atoms with Crippen molar-refractivity contribution < 1.29 is 52.6 Å². The van der Waals surface area contributed by atoms with Gasteiger partial charge in [-0.3, -0.25) is 4.79 Å². The largest absolute Gasteiger partial charge is 0.497 e. The summed E-state index contributed by atoms with van der Waals surface area (Å²) >= 11 is 0. The number of benzene rings is 2. The van der Waals surface area contributed by atoms with Crippen LogP contribution in [0.3, 0.4) is 0 Å². The molecule has 2 aromatic carbocycles. The number of cyclic esters (lactones) is 1. The molecule has 0 bridgehead atoms. The third-order valence-electron chi connectivity index (χ3n) is 8.45. The summed E-state index contributed by atoms with van der Waals surface area (Å²) in [4.78, 5) is 39.7. The lowest BCUT2D eigenvalue weighted by atomic mass is 9.70. The fourth-order valence-corrected chi connectivity index (χ4v) is 6.07. The normalized spacial score (nSPS) is 26.7. The summed E-state index contributed by atoms with van der Waals surface area (Å²) < 4.78 is 40.4. The van der Waals surface area contributed by atoms with Crippen molar-refractivity contribution in [3.05, 3.63) is 77.1 Å². The molecule has 1 aliphatic carbocycles. The second-order valence-electron chi connectivity index (χ2n) is 12.4. The number of alkyl carbamates (subject to hydrolysis) is 1. The van der Waals surface area contributed by atoms with E-state index in [4.69, 9.17) is 33.2 Å². The minimum absolute atomic E-state index is 0.0183. The number of hydrogen-bond donors (Lipinski definition) is 3. The lowest BCUT2D eigenvalue weighted by molar-refractivity contribution is -0.184.